The molecular weight excluding hydrogens is 510 g/mol. The first-order chi connectivity index (χ1) is 18.8. The quantitative estimate of drug-likeness (QED) is 0.281. The first-order valence-electron chi connectivity index (χ1n) is 13.1. The van der Waals surface area contributed by atoms with Crippen molar-refractivity contribution in [3.8, 4) is 5.75 Å². The molecule has 6 rings (SSSR count). The van der Waals surface area contributed by atoms with Gasteiger partial charge in [-0.25, -0.2) is 4.68 Å². The molecule has 2 N–H and O–H groups in total. The molecule has 2 heterocycles. The van der Waals surface area contributed by atoms with Crippen LogP contribution >= 0.6 is 11.6 Å². The lowest BCUT2D eigenvalue weighted by Crippen LogP contribution is -2.31. The van der Waals surface area contributed by atoms with E-state index in [1.807, 2.05) is 79.0 Å². The SMILES string of the molecule is CC1(C)CC(=O)C2=C(C1)Nc1ccccc1NC2c1ccc(OCc2cn(Cc3cccc(Cl)c3)nn2)cc1. The molecule has 0 radical (unpaired) electrons. The van der Waals surface area contributed by atoms with Gasteiger partial charge in [0, 0.05) is 22.7 Å². The average Bonchev–Trinajstić information content (AvgIpc) is 3.27. The summed E-state index contributed by atoms with van der Waals surface area (Å²) in [6, 6.07) is 23.5. The maximum atomic E-state index is 13.4. The number of carbonyl (C=O) groups is 1. The van der Waals surface area contributed by atoms with Crippen molar-refractivity contribution in [3.05, 3.63) is 112 Å². The molecule has 1 aromatic heterocycles. The van der Waals surface area contributed by atoms with E-state index in [1.54, 1.807) is 4.68 Å². The predicted molar refractivity (Wildman–Crippen MR) is 153 cm³/mol. The first kappa shape index (κ1) is 25.2. The smallest absolute Gasteiger partial charge is 0.163 e. The molecule has 0 amide bonds. The molecule has 4 aromatic rings. The van der Waals surface area contributed by atoms with Gasteiger partial charge in [-0.15, -0.1) is 5.10 Å². The number of fused-ring (bicyclic) bond motifs is 1. The Balaban J connectivity index is 1.18. The molecule has 198 valence electrons. The fourth-order valence-corrected chi connectivity index (χ4v) is 5.57. The molecule has 1 aliphatic heterocycles. The summed E-state index contributed by atoms with van der Waals surface area (Å²) in [4.78, 5) is 13.4. The maximum Gasteiger partial charge on any atom is 0.163 e. The number of benzene rings is 3. The minimum absolute atomic E-state index is 0.0829. The van der Waals surface area contributed by atoms with Gasteiger partial charge in [-0.1, -0.05) is 67.1 Å². The number of aromatic nitrogens is 3. The summed E-state index contributed by atoms with van der Waals surface area (Å²) in [6.45, 7) is 5.19. The second-order valence-electron chi connectivity index (χ2n) is 11.0. The third-order valence-corrected chi connectivity index (χ3v) is 7.38. The zero-order chi connectivity index (χ0) is 27.0. The van der Waals surface area contributed by atoms with Crippen molar-refractivity contribution >= 4 is 28.8 Å². The number of rotatable bonds is 6. The summed E-state index contributed by atoms with van der Waals surface area (Å²) in [5, 5.41) is 16.3. The van der Waals surface area contributed by atoms with Crippen LogP contribution < -0.4 is 15.4 Å². The molecule has 0 bridgehead atoms. The normalized spacial score (nSPS) is 17.9. The molecule has 8 heteroatoms. The van der Waals surface area contributed by atoms with Crippen LogP contribution in [-0.2, 0) is 17.9 Å². The number of para-hydroxylation sites is 2. The maximum absolute atomic E-state index is 13.4. The van der Waals surface area contributed by atoms with E-state index in [2.05, 4.69) is 34.8 Å². The van der Waals surface area contributed by atoms with Gasteiger partial charge in [-0.2, -0.15) is 0 Å². The lowest BCUT2D eigenvalue weighted by Gasteiger charge is -2.34. The van der Waals surface area contributed by atoms with Crippen LogP contribution in [0, 0.1) is 5.41 Å². The summed E-state index contributed by atoms with van der Waals surface area (Å²) in [5.74, 6) is 0.904. The van der Waals surface area contributed by atoms with Gasteiger partial charge in [-0.05, 0) is 59.4 Å². The third-order valence-electron chi connectivity index (χ3n) is 7.14. The van der Waals surface area contributed by atoms with E-state index in [0.717, 1.165) is 51.6 Å². The van der Waals surface area contributed by atoms with Crippen molar-refractivity contribution in [1.29, 1.82) is 0 Å². The molecule has 3 aromatic carbocycles. The first-order valence-corrected chi connectivity index (χ1v) is 13.5. The number of hydrogen-bond donors (Lipinski definition) is 2. The zero-order valence-electron chi connectivity index (χ0n) is 21.9. The Bertz CT molecular complexity index is 1560. The molecule has 2 aliphatic rings. The minimum atomic E-state index is -0.250. The summed E-state index contributed by atoms with van der Waals surface area (Å²) in [7, 11) is 0. The van der Waals surface area contributed by atoms with Crippen molar-refractivity contribution in [2.45, 2.75) is 45.9 Å². The van der Waals surface area contributed by atoms with E-state index in [9.17, 15) is 4.79 Å². The standard InChI is InChI=1S/C31H30ClN5O2/c1-31(2)15-27-29(28(38)16-31)30(34-26-9-4-3-8-25(26)33-27)21-10-12-24(13-11-21)39-19-23-18-37(36-35-23)17-20-6-5-7-22(32)14-20/h3-14,18,30,33-34H,15-17,19H2,1-2H3. The number of halogens is 1. The van der Waals surface area contributed by atoms with Crippen LogP contribution in [0.1, 0.15) is 49.6 Å². The predicted octanol–water partition coefficient (Wildman–Crippen LogP) is 6.78. The van der Waals surface area contributed by atoms with Crippen molar-refractivity contribution in [1.82, 2.24) is 15.0 Å². The number of nitrogens with one attached hydrogen (secondary N) is 2. The largest absolute Gasteiger partial charge is 0.487 e. The van der Waals surface area contributed by atoms with Gasteiger partial charge in [-0.3, -0.25) is 4.79 Å². The molecule has 0 fully saturated rings. The molecule has 1 atom stereocenters. The number of nitrogens with zero attached hydrogens (tertiary/aromatic N) is 3. The lowest BCUT2D eigenvalue weighted by molar-refractivity contribution is -0.118. The Labute approximate surface area is 232 Å². The highest BCUT2D eigenvalue weighted by Crippen LogP contribution is 2.45. The number of ketones is 1. The second-order valence-corrected chi connectivity index (χ2v) is 11.4. The topological polar surface area (TPSA) is 81.1 Å². The molecule has 39 heavy (non-hydrogen) atoms. The fraction of sp³-hybridized carbons (Fsp3) is 0.258. The van der Waals surface area contributed by atoms with Crippen molar-refractivity contribution in [3.63, 3.8) is 0 Å². The Morgan fingerprint density at radius 1 is 1.03 bits per heavy atom. The highest BCUT2D eigenvalue weighted by Gasteiger charge is 2.38. The second kappa shape index (κ2) is 10.2. The van der Waals surface area contributed by atoms with E-state index < -0.39 is 0 Å². The third kappa shape index (κ3) is 5.54. The lowest BCUT2D eigenvalue weighted by atomic mass is 9.73. The highest BCUT2D eigenvalue weighted by molar-refractivity contribution is 6.30. The Morgan fingerprint density at radius 2 is 1.82 bits per heavy atom. The van der Waals surface area contributed by atoms with E-state index in [0.29, 0.717) is 24.6 Å². The van der Waals surface area contributed by atoms with E-state index in [4.69, 9.17) is 16.3 Å². The Kier molecular flexibility index (Phi) is 6.61. The number of Topliss-reactive ketones (excluding diaryl/α,β-unsaturated/α-hetero) is 1. The van der Waals surface area contributed by atoms with Crippen molar-refractivity contribution in [2.75, 3.05) is 10.6 Å². The van der Waals surface area contributed by atoms with E-state index >= 15 is 0 Å². The Morgan fingerprint density at radius 3 is 2.62 bits per heavy atom. The van der Waals surface area contributed by atoms with Gasteiger partial charge in [0.1, 0.15) is 18.1 Å². The van der Waals surface area contributed by atoms with Crippen LogP contribution in [0.15, 0.2) is 90.3 Å². The number of carbonyl (C=O) groups excluding carboxylic acids is 1. The number of hydrogen-bond acceptors (Lipinski definition) is 6. The fourth-order valence-electron chi connectivity index (χ4n) is 5.36. The van der Waals surface area contributed by atoms with Crippen LogP contribution in [0.5, 0.6) is 5.75 Å². The molecule has 1 aliphatic carbocycles. The van der Waals surface area contributed by atoms with Gasteiger partial charge in [0.15, 0.2) is 5.78 Å². The van der Waals surface area contributed by atoms with Crippen LogP contribution in [-0.4, -0.2) is 20.8 Å². The highest BCUT2D eigenvalue weighted by atomic mass is 35.5. The zero-order valence-corrected chi connectivity index (χ0v) is 22.7. The average molecular weight is 540 g/mol. The van der Waals surface area contributed by atoms with Crippen LogP contribution in [0.3, 0.4) is 0 Å². The number of ether oxygens (including phenoxy) is 1. The minimum Gasteiger partial charge on any atom is -0.487 e. The molecular formula is C31H30ClN5O2. The molecule has 0 spiro atoms. The van der Waals surface area contributed by atoms with Crippen LogP contribution in [0.4, 0.5) is 11.4 Å². The molecule has 0 saturated carbocycles. The van der Waals surface area contributed by atoms with Gasteiger partial charge >= 0.3 is 0 Å². The van der Waals surface area contributed by atoms with Crippen LogP contribution in [0.2, 0.25) is 5.02 Å². The summed E-state index contributed by atoms with van der Waals surface area (Å²) in [6.07, 6.45) is 3.22. The molecule has 0 saturated heterocycles. The summed E-state index contributed by atoms with van der Waals surface area (Å²) < 4.78 is 7.77. The van der Waals surface area contributed by atoms with Gasteiger partial charge in [0.25, 0.3) is 0 Å². The Hall–Kier alpha value is -4.10. The molecule has 1 unspecified atom stereocenters. The summed E-state index contributed by atoms with van der Waals surface area (Å²) in [5.41, 5.74) is 6.49. The number of anilines is 2. The molecule has 7 nitrogen and oxygen atoms in total. The van der Waals surface area contributed by atoms with Crippen molar-refractivity contribution in [2.24, 2.45) is 5.41 Å². The van der Waals surface area contributed by atoms with Crippen molar-refractivity contribution < 1.29 is 9.53 Å². The number of allylic oxidation sites excluding steroid dienone is 1. The van der Waals surface area contributed by atoms with Gasteiger partial charge in [0.05, 0.1) is 30.2 Å². The van der Waals surface area contributed by atoms with Gasteiger partial charge in [0.2, 0.25) is 0 Å². The van der Waals surface area contributed by atoms with E-state index in [-0.39, 0.29) is 17.2 Å². The van der Waals surface area contributed by atoms with Gasteiger partial charge < -0.3 is 15.4 Å². The monoisotopic (exact) mass is 539 g/mol. The summed E-state index contributed by atoms with van der Waals surface area (Å²) >= 11 is 6.09. The van der Waals surface area contributed by atoms with E-state index in [1.165, 1.54) is 0 Å². The van der Waals surface area contributed by atoms with Crippen LogP contribution in [0.25, 0.3) is 0 Å².